The Bertz CT molecular complexity index is 157. The van der Waals surface area contributed by atoms with Crippen molar-refractivity contribution in [1.29, 1.82) is 0 Å². The first kappa shape index (κ1) is 10.4. The summed E-state index contributed by atoms with van der Waals surface area (Å²) in [5, 5.41) is 3.19. The lowest BCUT2D eigenvalue weighted by Crippen LogP contribution is -2.44. The molecule has 0 aromatic rings. The summed E-state index contributed by atoms with van der Waals surface area (Å²) in [6.45, 7) is 4.44. The SMILES string of the molecule is CCONC(=O)CC1COCCN1. The number of nitrogens with one attached hydrogen (secondary N) is 2. The first-order chi connectivity index (χ1) is 6.33. The Hall–Kier alpha value is -0.650. The third kappa shape index (κ3) is 4.21. The number of ether oxygens (including phenoxy) is 1. The van der Waals surface area contributed by atoms with E-state index in [0.717, 1.165) is 13.2 Å². The second kappa shape index (κ2) is 5.90. The maximum Gasteiger partial charge on any atom is 0.245 e. The lowest BCUT2D eigenvalue weighted by Gasteiger charge is -2.22. The topological polar surface area (TPSA) is 59.6 Å². The van der Waals surface area contributed by atoms with Gasteiger partial charge in [-0.3, -0.25) is 9.63 Å². The van der Waals surface area contributed by atoms with Crippen LogP contribution in [-0.4, -0.2) is 38.3 Å². The molecule has 5 nitrogen and oxygen atoms in total. The van der Waals surface area contributed by atoms with Crippen LogP contribution in [-0.2, 0) is 14.4 Å². The quantitative estimate of drug-likeness (QED) is 0.580. The number of hydrogen-bond donors (Lipinski definition) is 2. The fourth-order valence-electron chi connectivity index (χ4n) is 1.17. The van der Waals surface area contributed by atoms with Crippen LogP contribution in [0.4, 0.5) is 0 Å². The number of hydroxylamine groups is 1. The number of carbonyl (C=O) groups is 1. The molecular formula is C8H16N2O3. The molecule has 0 radical (unpaired) electrons. The molecule has 1 aliphatic heterocycles. The van der Waals surface area contributed by atoms with Crippen molar-refractivity contribution in [3.8, 4) is 0 Å². The molecule has 1 fully saturated rings. The van der Waals surface area contributed by atoms with Gasteiger partial charge in [-0.05, 0) is 6.92 Å². The van der Waals surface area contributed by atoms with Gasteiger partial charge in [0.05, 0.1) is 19.8 Å². The Balaban J connectivity index is 2.11. The second-order valence-electron chi connectivity index (χ2n) is 2.89. The van der Waals surface area contributed by atoms with Gasteiger partial charge in [-0.25, -0.2) is 5.48 Å². The van der Waals surface area contributed by atoms with Gasteiger partial charge in [0.1, 0.15) is 0 Å². The van der Waals surface area contributed by atoms with Gasteiger partial charge < -0.3 is 10.1 Å². The average molecular weight is 188 g/mol. The molecule has 1 heterocycles. The van der Waals surface area contributed by atoms with E-state index in [0.29, 0.717) is 19.6 Å². The van der Waals surface area contributed by atoms with E-state index in [1.807, 2.05) is 6.92 Å². The highest BCUT2D eigenvalue weighted by Gasteiger charge is 2.16. The fraction of sp³-hybridized carbons (Fsp3) is 0.875. The Kier molecular flexibility index (Phi) is 4.74. The van der Waals surface area contributed by atoms with Crippen LogP contribution < -0.4 is 10.8 Å². The van der Waals surface area contributed by atoms with Gasteiger partial charge in [0, 0.05) is 19.0 Å². The molecule has 2 N–H and O–H groups in total. The van der Waals surface area contributed by atoms with E-state index in [9.17, 15) is 4.79 Å². The van der Waals surface area contributed by atoms with Gasteiger partial charge in [0.2, 0.25) is 5.91 Å². The summed E-state index contributed by atoms with van der Waals surface area (Å²) in [6, 6.07) is 0.120. The maximum absolute atomic E-state index is 11.1. The van der Waals surface area contributed by atoms with Crippen molar-refractivity contribution >= 4 is 5.91 Å². The lowest BCUT2D eigenvalue weighted by atomic mass is 10.2. The molecule has 0 saturated carbocycles. The monoisotopic (exact) mass is 188 g/mol. The van der Waals surface area contributed by atoms with Crippen molar-refractivity contribution in [2.24, 2.45) is 0 Å². The van der Waals surface area contributed by atoms with Crippen molar-refractivity contribution in [1.82, 2.24) is 10.8 Å². The zero-order valence-electron chi connectivity index (χ0n) is 7.84. The van der Waals surface area contributed by atoms with Crippen LogP contribution in [0.5, 0.6) is 0 Å². The molecule has 0 bridgehead atoms. The van der Waals surface area contributed by atoms with Crippen molar-refractivity contribution < 1.29 is 14.4 Å². The van der Waals surface area contributed by atoms with Crippen LogP contribution in [0.15, 0.2) is 0 Å². The zero-order valence-corrected chi connectivity index (χ0v) is 7.84. The number of amides is 1. The standard InChI is InChI=1S/C8H16N2O3/c1-2-13-10-8(11)5-7-6-12-4-3-9-7/h7,9H,2-6H2,1H3,(H,10,11). The minimum Gasteiger partial charge on any atom is -0.378 e. The summed E-state index contributed by atoms with van der Waals surface area (Å²) < 4.78 is 5.20. The van der Waals surface area contributed by atoms with Crippen LogP contribution in [0.25, 0.3) is 0 Å². The summed E-state index contributed by atoms with van der Waals surface area (Å²) in [6.07, 6.45) is 0.403. The largest absolute Gasteiger partial charge is 0.378 e. The van der Waals surface area contributed by atoms with E-state index in [1.54, 1.807) is 0 Å². The molecule has 1 rings (SSSR count). The van der Waals surface area contributed by atoms with Crippen LogP contribution >= 0.6 is 0 Å². The Labute approximate surface area is 77.7 Å². The molecule has 1 saturated heterocycles. The van der Waals surface area contributed by atoms with Gasteiger partial charge >= 0.3 is 0 Å². The van der Waals surface area contributed by atoms with Crippen LogP contribution in [0.2, 0.25) is 0 Å². The van der Waals surface area contributed by atoms with Crippen molar-refractivity contribution in [2.45, 2.75) is 19.4 Å². The third-order valence-corrected chi connectivity index (χ3v) is 1.76. The molecule has 0 aliphatic carbocycles. The number of carbonyl (C=O) groups excluding carboxylic acids is 1. The van der Waals surface area contributed by atoms with E-state index in [2.05, 4.69) is 10.8 Å². The molecule has 0 aromatic carbocycles. The first-order valence-electron chi connectivity index (χ1n) is 4.54. The Morgan fingerprint density at radius 3 is 3.23 bits per heavy atom. The molecule has 1 unspecified atom stereocenters. The molecule has 0 aromatic heterocycles. The van der Waals surface area contributed by atoms with E-state index < -0.39 is 0 Å². The van der Waals surface area contributed by atoms with Crippen molar-refractivity contribution in [3.05, 3.63) is 0 Å². The summed E-state index contributed by atoms with van der Waals surface area (Å²) in [5.74, 6) is -0.107. The molecule has 1 amide bonds. The fourth-order valence-corrected chi connectivity index (χ4v) is 1.17. The van der Waals surface area contributed by atoms with E-state index >= 15 is 0 Å². The first-order valence-corrected chi connectivity index (χ1v) is 4.54. The average Bonchev–Trinajstić information content (AvgIpc) is 2.16. The molecular weight excluding hydrogens is 172 g/mol. The normalized spacial score (nSPS) is 22.7. The lowest BCUT2D eigenvalue weighted by molar-refractivity contribution is -0.134. The van der Waals surface area contributed by atoms with Gasteiger partial charge in [-0.1, -0.05) is 0 Å². The highest BCUT2D eigenvalue weighted by Crippen LogP contribution is 1.97. The van der Waals surface area contributed by atoms with Crippen LogP contribution in [0.1, 0.15) is 13.3 Å². The van der Waals surface area contributed by atoms with E-state index in [4.69, 9.17) is 9.57 Å². The Morgan fingerprint density at radius 2 is 2.62 bits per heavy atom. The molecule has 76 valence electrons. The molecule has 5 heteroatoms. The summed E-state index contributed by atoms with van der Waals surface area (Å²) in [7, 11) is 0. The maximum atomic E-state index is 11.1. The summed E-state index contributed by atoms with van der Waals surface area (Å²) >= 11 is 0. The second-order valence-corrected chi connectivity index (χ2v) is 2.89. The number of hydrogen-bond acceptors (Lipinski definition) is 4. The predicted octanol–water partition coefficient (Wildman–Crippen LogP) is -0.567. The highest BCUT2D eigenvalue weighted by atomic mass is 16.6. The van der Waals surface area contributed by atoms with Crippen molar-refractivity contribution in [2.75, 3.05) is 26.4 Å². The van der Waals surface area contributed by atoms with E-state index in [-0.39, 0.29) is 11.9 Å². The predicted molar refractivity (Wildman–Crippen MR) is 47.0 cm³/mol. The van der Waals surface area contributed by atoms with Gasteiger partial charge in [0.15, 0.2) is 0 Å². The minimum atomic E-state index is -0.107. The smallest absolute Gasteiger partial charge is 0.245 e. The minimum absolute atomic E-state index is 0.107. The van der Waals surface area contributed by atoms with Crippen molar-refractivity contribution in [3.63, 3.8) is 0 Å². The van der Waals surface area contributed by atoms with Gasteiger partial charge in [-0.2, -0.15) is 0 Å². The molecule has 1 aliphatic rings. The number of rotatable bonds is 4. The highest BCUT2D eigenvalue weighted by molar-refractivity contribution is 5.75. The van der Waals surface area contributed by atoms with Gasteiger partial charge in [0.25, 0.3) is 0 Å². The molecule has 0 spiro atoms. The van der Waals surface area contributed by atoms with E-state index in [1.165, 1.54) is 0 Å². The van der Waals surface area contributed by atoms with Crippen LogP contribution in [0.3, 0.4) is 0 Å². The van der Waals surface area contributed by atoms with Gasteiger partial charge in [-0.15, -0.1) is 0 Å². The molecule has 13 heavy (non-hydrogen) atoms. The Morgan fingerprint density at radius 1 is 1.77 bits per heavy atom. The number of morpholine rings is 1. The van der Waals surface area contributed by atoms with Crippen LogP contribution in [0, 0.1) is 0 Å². The third-order valence-electron chi connectivity index (χ3n) is 1.76. The molecule has 1 atom stereocenters. The summed E-state index contributed by atoms with van der Waals surface area (Å²) in [4.78, 5) is 15.9. The summed E-state index contributed by atoms with van der Waals surface area (Å²) in [5.41, 5.74) is 2.35. The zero-order chi connectivity index (χ0) is 9.52.